The fourth-order valence-electron chi connectivity index (χ4n) is 1.60. The fourth-order valence-corrected chi connectivity index (χ4v) is 2.71. The molecular formula is C14H14ClN3S2. The van der Waals surface area contributed by atoms with Crippen LogP contribution < -0.4 is 16.4 Å². The third kappa shape index (κ3) is 4.03. The minimum atomic E-state index is 0.503. The number of benzene rings is 2. The second-order valence-electron chi connectivity index (χ2n) is 4.05. The number of halogens is 1. The highest BCUT2D eigenvalue weighted by Gasteiger charge is 2.03. The molecule has 6 heteroatoms. The number of nitrogen functional groups attached to an aromatic ring is 1. The lowest BCUT2D eigenvalue weighted by Gasteiger charge is -2.11. The summed E-state index contributed by atoms with van der Waals surface area (Å²) in [4.78, 5) is 1.04. The van der Waals surface area contributed by atoms with Crippen molar-refractivity contribution in [2.45, 2.75) is 4.90 Å². The van der Waals surface area contributed by atoms with Crippen molar-refractivity contribution in [3.63, 3.8) is 0 Å². The zero-order chi connectivity index (χ0) is 14.5. The average molecular weight is 324 g/mol. The molecule has 2 aromatic rings. The van der Waals surface area contributed by atoms with Crippen molar-refractivity contribution in [1.82, 2.24) is 0 Å². The third-order valence-electron chi connectivity index (χ3n) is 2.58. The second-order valence-corrected chi connectivity index (χ2v) is 5.71. The van der Waals surface area contributed by atoms with Gasteiger partial charge in [-0.2, -0.15) is 0 Å². The monoisotopic (exact) mass is 323 g/mol. The van der Waals surface area contributed by atoms with E-state index in [1.807, 2.05) is 48.7 Å². The van der Waals surface area contributed by atoms with E-state index in [0.29, 0.717) is 15.8 Å². The predicted molar refractivity (Wildman–Crippen MR) is 93.9 cm³/mol. The van der Waals surface area contributed by atoms with Gasteiger partial charge in [-0.3, -0.25) is 0 Å². The van der Waals surface area contributed by atoms with E-state index in [2.05, 4.69) is 10.6 Å². The Balaban J connectivity index is 2.01. The van der Waals surface area contributed by atoms with Crippen molar-refractivity contribution in [1.29, 1.82) is 0 Å². The van der Waals surface area contributed by atoms with Crippen LogP contribution in [0.15, 0.2) is 47.4 Å². The number of thioether (sulfide) groups is 1. The number of rotatable bonds is 3. The first kappa shape index (κ1) is 15.0. The Morgan fingerprint density at radius 3 is 2.30 bits per heavy atom. The van der Waals surface area contributed by atoms with Gasteiger partial charge >= 0.3 is 0 Å². The standard InChI is InChI=1S/C14H14ClN3S2/c1-20-13-7-6-11(8-12(13)15)18-14(19)17-10-4-2-9(16)3-5-10/h2-8H,16H2,1H3,(H2,17,18,19). The third-order valence-corrected chi connectivity index (χ3v) is 4.00. The van der Waals surface area contributed by atoms with Crippen LogP contribution in [0.2, 0.25) is 5.02 Å². The maximum Gasteiger partial charge on any atom is 0.175 e. The highest BCUT2D eigenvalue weighted by atomic mass is 35.5. The molecule has 0 unspecified atom stereocenters. The number of nitrogens with one attached hydrogen (secondary N) is 2. The van der Waals surface area contributed by atoms with Crippen LogP contribution in [0, 0.1) is 0 Å². The van der Waals surface area contributed by atoms with Gasteiger partial charge < -0.3 is 16.4 Å². The van der Waals surface area contributed by atoms with Crippen LogP contribution >= 0.6 is 35.6 Å². The van der Waals surface area contributed by atoms with Crippen LogP contribution in [-0.2, 0) is 0 Å². The normalized spacial score (nSPS) is 10.1. The fraction of sp³-hybridized carbons (Fsp3) is 0.0714. The first-order valence-electron chi connectivity index (χ1n) is 5.85. The molecular weight excluding hydrogens is 310 g/mol. The van der Waals surface area contributed by atoms with E-state index in [-0.39, 0.29) is 0 Å². The number of anilines is 3. The van der Waals surface area contributed by atoms with Gasteiger partial charge in [-0.05, 0) is 60.9 Å². The highest BCUT2D eigenvalue weighted by molar-refractivity contribution is 7.98. The van der Waals surface area contributed by atoms with Crippen molar-refractivity contribution in [2.24, 2.45) is 0 Å². The quantitative estimate of drug-likeness (QED) is 0.442. The van der Waals surface area contributed by atoms with Crippen molar-refractivity contribution in [2.75, 3.05) is 22.6 Å². The van der Waals surface area contributed by atoms with E-state index in [0.717, 1.165) is 16.3 Å². The molecule has 0 saturated carbocycles. The summed E-state index contributed by atoms with van der Waals surface area (Å²) >= 11 is 13.0. The summed E-state index contributed by atoms with van der Waals surface area (Å²) in [6.07, 6.45) is 1.99. The molecule has 0 spiro atoms. The van der Waals surface area contributed by atoms with Gasteiger partial charge in [-0.25, -0.2) is 0 Å². The molecule has 0 aromatic heterocycles. The van der Waals surface area contributed by atoms with Gasteiger partial charge in [-0.15, -0.1) is 11.8 Å². The zero-order valence-electron chi connectivity index (χ0n) is 10.8. The van der Waals surface area contributed by atoms with Gasteiger partial charge in [0, 0.05) is 22.0 Å². The van der Waals surface area contributed by atoms with Crippen LogP contribution in [0.3, 0.4) is 0 Å². The van der Waals surface area contributed by atoms with Gasteiger partial charge in [0.25, 0.3) is 0 Å². The van der Waals surface area contributed by atoms with Gasteiger partial charge in [0.15, 0.2) is 5.11 Å². The predicted octanol–water partition coefficient (Wildman–Crippen LogP) is 4.45. The Morgan fingerprint density at radius 2 is 1.70 bits per heavy atom. The maximum atomic E-state index is 6.15. The molecule has 0 atom stereocenters. The minimum absolute atomic E-state index is 0.503. The molecule has 0 radical (unpaired) electrons. The molecule has 0 aliphatic rings. The van der Waals surface area contributed by atoms with Crippen LogP contribution in [0.1, 0.15) is 0 Å². The van der Waals surface area contributed by atoms with Gasteiger partial charge in [0.1, 0.15) is 0 Å². The topological polar surface area (TPSA) is 50.1 Å². The van der Waals surface area contributed by atoms with E-state index in [1.165, 1.54) is 0 Å². The summed E-state index contributed by atoms with van der Waals surface area (Å²) < 4.78 is 0. The highest BCUT2D eigenvalue weighted by Crippen LogP contribution is 2.28. The SMILES string of the molecule is CSc1ccc(NC(=S)Nc2ccc(N)cc2)cc1Cl. The number of hydrogen-bond donors (Lipinski definition) is 3. The molecule has 3 nitrogen and oxygen atoms in total. The smallest absolute Gasteiger partial charge is 0.175 e. The van der Waals surface area contributed by atoms with Crippen molar-refractivity contribution >= 4 is 57.8 Å². The molecule has 0 heterocycles. The summed E-state index contributed by atoms with van der Waals surface area (Å²) in [6, 6.07) is 13.1. The molecule has 0 bridgehead atoms. The van der Waals surface area contributed by atoms with E-state index in [1.54, 1.807) is 11.8 Å². The van der Waals surface area contributed by atoms with Gasteiger partial charge in [0.2, 0.25) is 0 Å². The lowest BCUT2D eigenvalue weighted by Crippen LogP contribution is -2.19. The average Bonchev–Trinajstić information content (AvgIpc) is 2.41. The lowest BCUT2D eigenvalue weighted by molar-refractivity contribution is 1.46. The Morgan fingerprint density at radius 1 is 1.10 bits per heavy atom. The van der Waals surface area contributed by atoms with E-state index in [4.69, 9.17) is 29.6 Å². The molecule has 104 valence electrons. The first-order valence-corrected chi connectivity index (χ1v) is 7.86. The number of nitrogens with two attached hydrogens (primary N) is 1. The Kier molecular flexibility index (Phi) is 5.11. The molecule has 0 aliphatic carbocycles. The van der Waals surface area contributed by atoms with E-state index >= 15 is 0 Å². The van der Waals surface area contributed by atoms with Crippen LogP contribution in [0.5, 0.6) is 0 Å². The van der Waals surface area contributed by atoms with E-state index in [9.17, 15) is 0 Å². The molecule has 4 N–H and O–H groups in total. The van der Waals surface area contributed by atoms with Crippen LogP contribution in [0.25, 0.3) is 0 Å². The first-order chi connectivity index (χ1) is 9.58. The zero-order valence-corrected chi connectivity index (χ0v) is 13.2. The van der Waals surface area contributed by atoms with Gasteiger partial charge in [0.05, 0.1) is 5.02 Å². The lowest BCUT2D eigenvalue weighted by atomic mass is 10.3. The largest absolute Gasteiger partial charge is 0.399 e. The molecule has 0 fully saturated rings. The summed E-state index contributed by atoms with van der Waals surface area (Å²) in [7, 11) is 0. The molecule has 2 aromatic carbocycles. The number of thiocarbonyl (C=S) groups is 1. The van der Waals surface area contributed by atoms with Crippen LogP contribution in [0.4, 0.5) is 17.1 Å². The second kappa shape index (κ2) is 6.83. The van der Waals surface area contributed by atoms with Gasteiger partial charge in [-0.1, -0.05) is 11.6 Å². The van der Waals surface area contributed by atoms with Crippen molar-refractivity contribution in [3.8, 4) is 0 Å². The van der Waals surface area contributed by atoms with E-state index < -0.39 is 0 Å². The minimum Gasteiger partial charge on any atom is -0.399 e. The Bertz CT molecular complexity index is 614. The van der Waals surface area contributed by atoms with Crippen molar-refractivity contribution < 1.29 is 0 Å². The summed E-state index contributed by atoms with van der Waals surface area (Å²) in [5, 5.41) is 7.38. The Hall–Kier alpha value is -1.43. The molecule has 0 saturated heterocycles. The molecule has 0 aliphatic heterocycles. The molecule has 0 amide bonds. The van der Waals surface area contributed by atoms with Crippen molar-refractivity contribution in [3.05, 3.63) is 47.5 Å². The maximum absolute atomic E-state index is 6.15. The Labute approximate surface area is 132 Å². The number of hydrogen-bond acceptors (Lipinski definition) is 3. The van der Waals surface area contributed by atoms with Crippen LogP contribution in [-0.4, -0.2) is 11.4 Å². The molecule has 2 rings (SSSR count). The summed E-state index contributed by atoms with van der Waals surface area (Å²) in [6.45, 7) is 0. The molecule has 20 heavy (non-hydrogen) atoms. The summed E-state index contributed by atoms with van der Waals surface area (Å²) in [5.74, 6) is 0. The summed E-state index contributed by atoms with van der Waals surface area (Å²) in [5.41, 5.74) is 8.07.